The third kappa shape index (κ3) is 6.77. The normalized spacial score (nSPS) is 21.9. The van der Waals surface area contributed by atoms with Crippen molar-refractivity contribution in [1.29, 1.82) is 0 Å². The van der Waals surface area contributed by atoms with Crippen molar-refractivity contribution in [1.82, 2.24) is 9.80 Å². The predicted molar refractivity (Wildman–Crippen MR) is 155 cm³/mol. The Balaban J connectivity index is 1.18. The number of benzene rings is 3. The van der Waals surface area contributed by atoms with Gasteiger partial charge in [0.05, 0.1) is 0 Å². The molecule has 204 valence electrons. The second kappa shape index (κ2) is 13.1. The molecule has 3 aromatic rings. The lowest BCUT2D eigenvalue weighted by molar-refractivity contribution is 0.0601. The zero-order chi connectivity index (χ0) is 27.0. The lowest BCUT2D eigenvalue weighted by Crippen LogP contribution is -2.48. The minimum atomic E-state index is -0.220. The van der Waals surface area contributed by atoms with Crippen LogP contribution in [0.25, 0.3) is 0 Å². The molecule has 1 saturated heterocycles. The second-order valence-electron chi connectivity index (χ2n) is 11.0. The summed E-state index contributed by atoms with van der Waals surface area (Å²) in [6.45, 7) is 5.91. The predicted octanol–water partition coefficient (Wildman–Crippen LogP) is 6.80. The van der Waals surface area contributed by atoms with E-state index in [0.717, 1.165) is 56.4 Å². The summed E-state index contributed by atoms with van der Waals surface area (Å²) in [5.41, 5.74) is 3.18. The summed E-state index contributed by atoms with van der Waals surface area (Å²) >= 11 is 0. The highest BCUT2D eigenvalue weighted by Crippen LogP contribution is 2.45. The van der Waals surface area contributed by atoms with E-state index in [1.165, 1.54) is 5.56 Å². The molecule has 39 heavy (non-hydrogen) atoms. The minimum Gasteiger partial charge on any atom is -0.445 e. The van der Waals surface area contributed by atoms with Gasteiger partial charge < -0.3 is 14.5 Å². The maximum absolute atomic E-state index is 13.4. The van der Waals surface area contributed by atoms with Crippen LogP contribution < -0.4 is 0 Å². The van der Waals surface area contributed by atoms with Crippen LogP contribution >= 0.6 is 0 Å². The number of likely N-dealkylation sites (tertiary alicyclic amines) is 1. The zero-order valence-electron chi connectivity index (χ0n) is 23.0. The molecule has 1 amide bonds. The summed E-state index contributed by atoms with van der Waals surface area (Å²) in [5.74, 6) is 1.18. The molecular weight excluding hydrogens is 484 g/mol. The van der Waals surface area contributed by atoms with E-state index >= 15 is 0 Å². The number of rotatable bonds is 9. The molecule has 1 saturated carbocycles. The Hall–Kier alpha value is -3.44. The van der Waals surface area contributed by atoms with Gasteiger partial charge in [0.2, 0.25) is 0 Å². The van der Waals surface area contributed by atoms with Crippen molar-refractivity contribution in [2.24, 2.45) is 11.8 Å². The lowest BCUT2D eigenvalue weighted by Gasteiger charge is -2.39. The number of carbonyl (C=O) groups is 2. The fourth-order valence-corrected chi connectivity index (χ4v) is 6.57. The van der Waals surface area contributed by atoms with Crippen molar-refractivity contribution in [3.8, 4) is 0 Å². The van der Waals surface area contributed by atoms with Gasteiger partial charge in [-0.05, 0) is 55.6 Å². The molecule has 0 aromatic heterocycles. The third-order valence-electron chi connectivity index (χ3n) is 8.62. The van der Waals surface area contributed by atoms with Gasteiger partial charge in [-0.15, -0.1) is 0 Å². The van der Waals surface area contributed by atoms with Gasteiger partial charge in [-0.2, -0.15) is 0 Å². The number of piperidine rings is 1. The average Bonchev–Trinajstić information content (AvgIpc) is 3.42. The highest BCUT2D eigenvalue weighted by molar-refractivity contribution is 5.98. The largest absolute Gasteiger partial charge is 0.445 e. The van der Waals surface area contributed by atoms with E-state index in [-0.39, 0.29) is 23.8 Å². The standard InChI is InChI=1S/C34H40N2O3/c1-2-36(34(38)39-25-26-12-6-3-7-13-26)31-18-20-35(21-19-31)24-30-22-29(33(37)28-16-10-5-11-17-28)23-32(30)27-14-8-4-9-15-27/h3-17,29-32H,2,18-25H2,1H3/t29?,30?,32-/m1/s1. The summed E-state index contributed by atoms with van der Waals surface area (Å²) in [4.78, 5) is 30.7. The van der Waals surface area contributed by atoms with Crippen LogP contribution in [0.1, 0.15) is 60.0 Å². The van der Waals surface area contributed by atoms with E-state index < -0.39 is 0 Å². The van der Waals surface area contributed by atoms with Gasteiger partial charge in [0.25, 0.3) is 0 Å². The van der Waals surface area contributed by atoms with Crippen LogP contribution in [0, 0.1) is 11.8 Å². The molecule has 0 radical (unpaired) electrons. The molecule has 5 nitrogen and oxygen atoms in total. The Bertz CT molecular complexity index is 1190. The zero-order valence-corrected chi connectivity index (χ0v) is 23.0. The van der Waals surface area contributed by atoms with E-state index in [1.54, 1.807) is 0 Å². The monoisotopic (exact) mass is 524 g/mol. The van der Waals surface area contributed by atoms with E-state index in [9.17, 15) is 9.59 Å². The summed E-state index contributed by atoms with van der Waals surface area (Å²) in [7, 11) is 0. The SMILES string of the molecule is CCN(C(=O)OCc1ccccc1)C1CCN(CC2CC(C(=O)c3ccccc3)C[C@@H]2c2ccccc2)CC1. The van der Waals surface area contributed by atoms with Gasteiger partial charge in [0.1, 0.15) is 6.61 Å². The van der Waals surface area contributed by atoms with Crippen molar-refractivity contribution in [3.63, 3.8) is 0 Å². The molecule has 0 N–H and O–H groups in total. The first-order chi connectivity index (χ1) is 19.1. The first kappa shape index (κ1) is 27.1. The molecule has 5 heteroatoms. The van der Waals surface area contributed by atoms with Crippen LogP contribution in [0.5, 0.6) is 0 Å². The fourth-order valence-electron chi connectivity index (χ4n) is 6.57. The van der Waals surface area contributed by atoms with Crippen molar-refractivity contribution in [3.05, 3.63) is 108 Å². The van der Waals surface area contributed by atoms with Crippen LogP contribution in [0.4, 0.5) is 4.79 Å². The van der Waals surface area contributed by atoms with E-state index in [1.807, 2.05) is 72.5 Å². The molecule has 2 unspecified atom stereocenters. The van der Waals surface area contributed by atoms with Gasteiger partial charge in [-0.3, -0.25) is 4.79 Å². The van der Waals surface area contributed by atoms with Crippen LogP contribution in [-0.2, 0) is 11.3 Å². The van der Waals surface area contributed by atoms with Crippen LogP contribution in [0.15, 0.2) is 91.0 Å². The van der Waals surface area contributed by atoms with Gasteiger partial charge in [-0.1, -0.05) is 91.0 Å². The topological polar surface area (TPSA) is 49.9 Å². The fraction of sp³-hybridized carbons (Fsp3) is 0.412. The van der Waals surface area contributed by atoms with Crippen molar-refractivity contribution >= 4 is 11.9 Å². The molecule has 2 fully saturated rings. The molecule has 1 heterocycles. The first-order valence-electron chi connectivity index (χ1n) is 14.5. The van der Waals surface area contributed by atoms with Gasteiger partial charge in [0, 0.05) is 43.7 Å². The quantitative estimate of drug-likeness (QED) is 0.289. The Kier molecular flexibility index (Phi) is 9.10. The number of Topliss-reactive ketones (excluding diaryl/α,β-unsaturated/α-hetero) is 1. The number of amides is 1. The molecule has 3 aromatic carbocycles. The number of carbonyl (C=O) groups excluding carboxylic acids is 2. The maximum atomic E-state index is 13.4. The maximum Gasteiger partial charge on any atom is 0.410 e. The number of hydrogen-bond acceptors (Lipinski definition) is 4. The summed E-state index contributed by atoms with van der Waals surface area (Å²) in [6.07, 6.45) is 3.52. The number of nitrogens with zero attached hydrogens (tertiary/aromatic N) is 2. The van der Waals surface area contributed by atoms with E-state index in [0.29, 0.717) is 25.0 Å². The van der Waals surface area contributed by atoms with Crippen molar-refractivity contribution in [2.75, 3.05) is 26.2 Å². The van der Waals surface area contributed by atoms with Gasteiger partial charge in [-0.25, -0.2) is 4.79 Å². The molecule has 1 aliphatic heterocycles. The van der Waals surface area contributed by atoms with Crippen LogP contribution in [0.3, 0.4) is 0 Å². The highest BCUT2D eigenvalue weighted by atomic mass is 16.6. The Morgan fingerprint density at radius 1 is 0.846 bits per heavy atom. The van der Waals surface area contributed by atoms with Crippen molar-refractivity contribution < 1.29 is 14.3 Å². The van der Waals surface area contributed by atoms with Crippen LogP contribution in [0.2, 0.25) is 0 Å². The average molecular weight is 525 g/mol. The number of ketones is 1. The summed E-state index contributed by atoms with van der Waals surface area (Å²) in [6, 6.07) is 30.5. The molecule has 2 aliphatic rings. The van der Waals surface area contributed by atoms with E-state index in [2.05, 4.69) is 35.2 Å². The molecule has 5 rings (SSSR count). The summed E-state index contributed by atoms with van der Waals surface area (Å²) in [5, 5.41) is 0. The van der Waals surface area contributed by atoms with Gasteiger partial charge in [0.15, 0.2) is 5.78 Å². The number of ether oxygens (including phenoxy) is 1. The smallest absolute Gasteiger partial charge is 0.410 e. The van der Waals surface area contributed by atoms with Gasteiger partial charge >= 0.3 is 6.09 Å². The highest BCUT2D eigenvalue weighted by Gasteiger charge is 2.40. The molecule has 0 bridgehead atoms. The summed E-state index contributed by atoms with van der Waals surface area (Å²) < 4.78 is 5.64. The number of hydrogen-bond donors (Lipinski definition) is 0. The Morgan fingerprint density at radius 3 is 2.10 bits per heavy atom. The van der Waals surface area contributed by atoms with Crippen LogP contribution in [-0.4, -0.2) is 53.9 Å². The second-order valence-corrected chi connectivity index (χ2v) is 11.0. The molecule has 0 spiro atoms. The molecule has 3 atom stereocenters. The molecular formula is C34H40N2O3. The van der Waals surface area contributed by atoms with Crippen molar-refractivity contribution in [2.45, 2.75) is 51.2 Å². The Labute approximate surface area is 232 Å². The lowest BCUT2D eigenvalue weighted by atomic mass is 9.88. The Morgan fingerprint density at radius 2 is 1.46 bits per heavy atom. The molecule has 1 aliphatic carbocycles. The third-order valence-corrected chi connectivity index (χ3v) is 8.62. The van der Waals surface area contributed by atoms with E-state index in [4.69, 9.17) is 4.74 Å². The first-order valence-corrected chi connectivity index (χ1v) is 14.5. The minimum absolute atomic E-state index is 0.0649.